The van der Waals surface area contributed by atoms with Crippen LogP contribution in [0.5, 0.6) is 5.75 Å². The molecule has 0 aromatic heterocycles. The Balaban J connectivity index is 1.31. The molecule has 1 fully saturated rings. The number of ether oxygens (including phenoxy) is 1. The summed E-state index contributed by atoms with van der Waals surface area (Å²) in [5.74, 6) is -5.90. The maximum atomic E-state index is 15.3. The zero-order valence-corrected chi connectivity index (χ0v) is 25.3. The minimum absolute atomic E-state index is 0.155. The van der Waals surface area contributed by atoms with Crippen LogP contribution in [0.1, 0.15) is 80.9 Å². The zero-order chi connectivity index (χ0) is 33.0. The molecule has 0 unspecified atom stereocenters. The summed E-state index contributed by atoms with van der Waals surface area (Å²) in [5, 5.41) is 0. The van der Waals surface area contributed by atoms with Gasteiger partial charge in [0.05, 0.1) is 0 Å². The van der Waals surface area contributed by atoms with Crippen LogP contribution in [0, 0.1) is 35.0 Å². The van der Waals surface area contributed by atoms with E-state index in [2.05, 4.69) is 11.7 Å². The molecule has 4 aromatic rings. The molecular weight excluding hydrogens is 612 g/mol. The molecule has 1 saturated carbocycles. The minimum Gasteiger partial charge on any atom is -0.429 e. The van der Waals surface area contributed by atoms with E-state index in [4.69, 9.17) is 0 Å². The summed E-state index contributed by atoms with van der Waals surface area (Å²) in [6.45, 7) is 1.00. The van der Waals surface area contributed by atoms with Gasteiger partial charge in [-0.15, -0.1) is 0 Å². The fourth-order valence-electron chi connectivity index (χ4n) is 6.31. The highest BCUT2D eigenvalue weighted by Crippen LogP contribution is 2.41. The molecule has 0 radical (unpaired) electrons. The average Bonchev–Trinajstić information content (AvgIpc) is 3.01. The fraction of sp³-hybridized carbons (Fsp3) is 0.351. The van der Waals surface area contributed by atoms with Crippen molar-refractivity contribution in [2.24, 2.45) is 5.92 Å². The third kappa shape index (κ3) is 7.39. The van der Waals surface area contributed by atoms with Crippen LogP contribution in [-0.4, -0.2) is 0 Å². The highest BCUT2D eigenvalue weighted by atomic mass is 19.3. The first kappa shape index (κ1) is 33.5. The van der Waals surface area contributed by atoms with E-state index < -0.39 is 58.7 Å². The SMILES string of the molecule is CCCCCC1CCC(c2ccc(-c3ccc(-c4cc(F)c(C(F)(F)Oc5ccc(CF)c(F)c5)c(F)c4)c(F)c3)c(F)c2)CC1. The Kier molecular flexibility index (Phi) is 10.4. The van der Waals surface area contributed by atoms with E-state index in [0.717, 1.165) is 55.4 Å². The van der Waals surface area contributed by atoms with Gasteiger partial charge in [-0.2, -0.15) is 8.78 Å². The van der Waals surface area contributed by atoms with E-state index >= 15 is 8.78 Å². The smallest absolute Gasteiger partial charge is 0.429 e. The summed E-state index contributed by atoms with van der Waals surface area (Å²) < 4.78 is 121. The Hall–Kier alpha value is -3.88. The second-order valence-electron chi connectivity index (χ2n) is 12.0. The van der Waals surface area contributed by atoms with E-state index in [0.29, 0.717) is 18.2 Å². The summed E-state index contributed by atoms with van der Waals surface area (Å²) in [4.78, 5) is 0. The Morgan fingerprint density at radius 1 is 0.674 bits per heavy atom. The number of alkyl halides is 3. The van der Waals surface area contributed by atoms with Crippen molar-refractivity contribution < 1.29 is 39.9 Å². The van der Waals surface area contributed by atoms with E-state index in [1.165, 1.54) is 43.9 Å². The van der Waals surface area contributed by atoms with Gasteiger partial charge >= 0.3 is 6.11 Å². The van der Waals surface area contributed by atoms with E-state index in [-0.39, 0.29) is 28.2 Å². The Morgan fingerprint density at radius 2 is 1.30 bits per heavy atom. The lowest BCUT2D eigenvalue weighted by Crippen LogP contribution is -2.25. The van der Waals surface area contributed by atoms with Gasteiger partial charge < -0.3 is 4.74 Å². The molecule has 0 heterocycles. The molecule has 0 saturated heterocycles. The van der Waals surface area contributed by atoms with Gasteiger partial charge in [0, 0.05) is 22.8 Å². The number of hydrogen-bond acceptors (Lipinski definition) is 1. The zero-order valence-electron chi connectivity index (χ0n) is 25.3. The third-order valence-electron chi connectivity index (χ3n) is 8.87. The minimum atomic E-state index is -4.59. The number of halogens is 8. The summed E-state index contributed by atoms with van der Waals surface area (Å²) >= 11 is 0. The van der Waals surface area contributed by atoms with Crippen molar-refractivity contribution in [3.63, 3.8) is 0 Å². The Bertz CT molecular complexity index is 1650. The topological polar surface area (TPSA) is 9.23 Å². The van der Waals surface area contributed by atoms with Crippen LogP contribution in [0.3, 0.4) is 0 Å². The molecule has 0 bridgehead atoms. The van der Waals surface area contributed by atoms with Gasteiger partial charge in [0.25, 0.3) is 0 Å². The van der Waals surface area contributed by atoms with Crippen LogP contribution in [0.15, 0.2) is 66.7 Å². The lowest BCUT2D eigenvalue weighted by Gasteiger charge is -2.29. The first-order valence-electron chi connectivity index (χ1n) is 15.5. The summed E-state index contributed by atoms with van der Waals surface area (Å²) in [6.07, 6.45) is 4.56. The Labute approximate surface area is 263 Å². The van der Waals surface area contributed by atoms with Crippen molar-refractivity contribution in [1.29, 1.82) is 0 Å². The first-order valence-corrected chi connectivity index (χ1v) is 15.5. The van der Waals surface area contributed by atoms with Crippen LogP contribution >= 0.6 is 0 Å². The number of benzene rings is 4. The van der Waals surface area contributed by atoms with Crippen molar-refractivity contribution in [2.45, 2.75) is 77.0 Å². The molecule has 46 heavy (non-hydrogen) atoms. The standard InChI is InChI=1S/C37H34F8O/c1-2-3-4-5-22-6-8-23(9-7-22)24-11-14-29(32(40)16-24)25-12-15-30(33(41)17-25)27-18-34(42)36(35(43)19-27)37(44,45)46-28-13-10-26(21-38)31(39)20-28/h10-20,22-23H,2-9,21H2,1H3. The van der Waals surface area contributed by atoms with Gasteiger partial charge in [-0.1, -0.05) is 56.9 Å². The molecule has 244 valence electrons. The van der Waals surface area contributed by atoms with Gasteiger partial charge in [0.1, 0.15) is 47.1 Å². The molecule has 1 nitrogen and oxygen atoms in total. The molecule has 1 aliphatic carbocycles. The third-order valence-corrected chi connectivity index (χ3v) is 8.87. The largest absolute Gasteiger partial charge is 0.432 e. The molecule has 0 spiro atoms. The van der Waals surface area contributed by atoms with Crippen molar-refractivity contribution in [3.8, 4) is 28.0 Å². The van der Waals surface area contributed by atoms with Gasteiger partial charge in [-0.3, -0.25) is 0 Å². The van der Waals surface area contributed by atoms with E-state index in [1.807, 2.05) is 6.07 Å². The second kappa shape index (κ2) is 14.3. The lowest BCUT2D eigenvalue weighted by atomic mass is 9.77. The number of rotatable bonds is 11. The Morgan fingerprint density at radius 3 is 1.91 bits per heavy atom. The van der Waals surface area contributed by atoms with Crippen molar-refractivity contribution in [3.05, 3.63) is 113 Å². The quantitative estimate of drug-likeness (QED) is 0.116. The predicted molar refractivity (Wildman–Crippen MR) is 162 cm³/mol. The van der Waals surface area contributed by atoms with Crippen LogP contribution in [0.4, 0.5) is 35.1 Å². The lowest BCUT2D eigenvalue weighted by molar-refractivity contribution is -0.189. The highest BCUT2D eigenvalue weighted by Gasteiger charge is 2.41. The average molecular weight is 647 g/mol. The van der Waals surface area contributed by atoms with E-state index in [9.17, 15) is 26.3 Å². The summed E-state index contributed by atoms with van der Waals surface area (Å²) in [7, 11) is 0. The van der Waals surface area contributed by atoms with Crippen molar-refractivity contribution in [1.82, 2.24) is 0 Å². The molecule has 4 aromatic carbocycles. The van der Waals surface area contributed by atoms with Gasteiger partial charge in [0.15, 0.2) is 0 Å². The monoisotopic (exact) mass is 646 g/mol. The maximum Gasteiger partial charge on any atom is 0.432 e. The van der Waals surface area contributed by atoms with Gasteiger partial charge in [0.2, 0.25) is 0 Å². The number of unbranched alkanes of at least 4 members (excludes halogenated alkanes) is 2. The number of hydrogen-bond donors (Lipinski definition) is 0. The van der Waals surface area contributed by atoms with Gasteiger partial charge in [-0.25, -0.2) is 26.3 Å². The summed E-state index contributed by atoms with van der Waals surface area (Å²) in [5.41, 5.74) is -1.59. The molecule has 9 heteroatoms. The van der Waals surface area contributed by atoms with Crippen LogP contribution in [0.2, 0.25) is 0 Å². The molecule has 5 rings (SSSR count). The second-order valence-corrected chi connectivity index (χ2v) is 12.0. The molecule has 0 N–H and O–H groups in total. The van der Waals surface area contributed by atoms with Gasteiger partial charge in [-0.05, 0) is 90.6 Å². The van der Waals surface area contributed by atoms with E-state index in [1.54, 1.807) is 6.07 Å². The van der Waals surface area contributed by atoms with Crippen LogP contribution in [-0.2, 0) is 12.8 Å². The normalized spacial score (nSPS) is 16.9. The summed E-state index contributed by atoms with van der Waals surface area (Å²) in [6, 6.07) is 11.7. The first-order chi connectivity index (χ1) is 22.0. The van der Waals surface area contributed by atoms with Crippen molar-refractivity contribution in [2.75, 3.05) is 0 Å². The maximum absolute atomic E-state index is 15.3. The van der Waals surface area contributed by atoms with Crippen LogP contribution < -0.4 is 4.74 Å². The van der Waals surface area contributed by atoms with Crippen LogP contribution in [0.25, 0.3) is 22.3 Å². The molecule has 0 aliphatic heterocycles. The molecule has 0 amide bonds. The molecular formula is C37H34F8O. The molecule has 0 atom stereocenters. The predicted octanol–water partition coefficient (Wildman–Crippen LogP) is 12.2. The fourth-order valence-corrected chi connectivity index (χ4v) is 6.31. The highest BCUT2D eigenvalue weighted by molar-refractivity contribution is 5.72. The van der Waals surface area contributed by atoms with Crippen molar-refractivity contribution >= 4 is 0 Å². The molecule has 1 aliphatic rings.